The Kier molecular flexibility index (Phi) is 5.17. The van der Waals surface area contributed by atoms with Crippen LogP contribution in [0.2, 0.25) is 0 Å². The van der Waals surface area contributed by atoms with Crippen LogP contribution in [0.1, 0.15) is 35.1 Å². The summed E-state index contributed by atoms with van der Waals surface area (Å²) >= 11 is 0. The van der Waals surface area contributed by atoms with E-state index in [-0.39, 0.29) is 18.9 Å². The van der Waals surface area contributed by atoms with Crippen LogP contribution in [0.4, 0.5) is 13.2 Å². The van der Waals surface area contributed by atoms with Crippen molar-refractivity contribution in [1.29, 1.82) is 0 Å². The fourth-order valence-electron chi connectivity index (χ4n) is 2.09. The third kappa shape index (κ3) is 5.06. The number of ketones is 1. The molecular weight excluding hydrogens is 257 g/mol. The second-order valence-corrected chi connectivity index (χ2v) is 4.74. The Morgan fingerprint density at radius 3 is 2.42 bits per heavy atom. The molecule has 0 unspecified atom stereocenters. The summed E-state index contributed by atoms with van der Waals surface area (Å²) in [5, 5.41) is 0. The number of carbonyl (C=O) groups excluding carboxylic acids is 1. The lowest BCUT2D eigenvalue weighted by molar-refractivity contribution is -0.144. The summed E-state index contributed by atoms with van der Waals surface area (Å²) in [5.74, 6) is -0.278. The number of rotatable bonds is 6. The Morgan fingerprint density at radius 2 is 2.00 bits per heavy atom. The van der Waals surface area contributed by atoms with Gasteiger partial charge in [-0.15, -0.1) is 0 Å². The van der Waals surface area contributed by atoms with Gasteiger partial charge in [-0.2, -0.15) is 13.2 Å². The fraction of sp³-hybridized carbons (Fsp3) is 0.615. The van der Waals surface area contributed by atoms with Crippen molar-refractivity contribution in [2.45, 2.75) is 33.4 Å². The summed E-state index contributed by atoms with van der Waals surface area (Å²) in [5.41, 5.74) is 2.01. The number of nitrogens with zero attached hydrogens (tertiary/aromatic N) is 1. The van der Waals surface area contributed by atoms with E-state index in [4.69, 9.17) is 0 Å². The summed E-state index contributed by atoms with van der Waals surface area (Å²) in [6.07, 6.45) is -3.70. The van der Waals surface area contributed by atoms with Gasteiger partial charge in [0.15, 0.2) is 5.78 Å². The molecule has 1 heterocycles. The molecule has 0 aliphatic heterocycles. The normalized spacial score (nSPS) is 12.2. The molecule has 0 fully saturated rings. The molecule has 0 bridgehead atoms. The number of aromatic amines is 1. The van der Waals surface area contributed by atoms with Crippen LogP contribution in [0, 0.1) is 13.8 Å². The van der Waals surface area contributed by atoms with Crippen LogP contribution in [0.25, 0.3) is 0 Å². The number of aryl methyl sites for hydroxylation is 2. The van der Waals surface area contributed by atoms with E-state index in [9.17, 15) is 18.0 Å². The maximum Gasteiger partial charge on any atom is 0.401 e. The van der Waals surface area contributed by atoms with Gasteiger partial charge in [-0.05, 0) is 32.9 Å². The number of Topliss-reactive ketones (excluding diaryl/α,β-unsaturated/α-hetero) is 1. The van der Waals surface area contributed by atoms with E-state index in [0.717, 1.165) is 10.6 Å². The molecule has 0 aliphatic carbocycles. The second kappa shape index (κ2) is 6.23. The molecule has 1 aromatic rings. The van der Waals surface area contributed by atoms with Gasteiger partial charge in [0.05, 0.1) is 13.1 Å². The molecule has 3 nitrogen and oxygen atoms in total. The molecule has 0 saturated heterocycles. The number of hydrogen-bond donors (Lipinski definition) is 1. The molecule has 0 radical (unpaired) electrons. The lowest BCUT2D eigenvalue weighted by Gasteiger charge is -2.22. The third-order valence-electron chi connectivity index (χ3n) is 2.76. The predicted molar refractivity (Wildman–Crippen MR) is 67.4 cm³/mol. The maximum atomic E-state index is 12.4. The van der Waals surface area contributed by atoms with E-state index in [1.54, 1.807) is 19.9 Å². The van der Waals surface area contributed by atoms with Crippen molar-refractivity contribution in [2.24, 2.45) is 0 Å². The molecule has 108 valence electrons. The number of halogens is 3. The SMILES string of the molecule is CCCN(CC(=O)c1cc(C)[nH]c1C)CC(F)(F)F. The van der Waals surface area contributed by atoms with Gasteiger partial charge in [-0.25, -0.2) is 0 Å². The van der Waals surface area contributed by atoms with Gasteiger partial charge in [0, 0.05) is 17.0 Å². The van der Waals surface area contributed by atoms with Crippen LogP contribution in [0.3, 0.4) is 0 Å². The van der Waals surface area contributed by atoms with Crippen LogP contribution in [0.5, 0.6) is 0 Å². The van der Waals surface area contributed by atoms with Gasteiger partial charge in [-0.1, -0.05) is 6.92 Å². The van der Waals surface area contributed by atoms with Gasteiger partial charge in [0.1, 0.15) is 0 Å². The Morgan fingerprint density at radius 1 is 1.37 bits per heavy atom. The summed E-state index contributed by atoms with van der Waals surface area (Å²) in [7, 11) is 0. The predicted octanol–water partition coefficient (Wildman–Crippen LogP) is 3.09. The van der Waals surface area contributed by atoms with Gasteiger partial charge in [-0.3, -0.25) is 9.69 Å². The summed E-state index contributed by atoms with van der Waals surface area (Å²) in [4.78, 5) is 16.1. The first-order chi connectivity index (χ1) is 8.73. The average molecular weight is 276 g/mol. The zero-order valence-electron chi connectivity index (χ0n) is 11.4. The number of nitrogens with one attached hydrogen (secondary N) is 1. The summed E-state index contributed by atoms with van der Waals surface area (Å²) < 4.78 is 37.2. The van der Waals surface area contributed by atoms with Crippen molar-refractivity contribution in [3.8, 4) is 0 Å². The molecule has 0 saturated carbocycles. The zero-order chi connectivity index (χ0) is 14.6. The monoisotopic (exact) mass is 276 g/mol. The average Bonchev–Trinajstić information content (AvgIpc) is 2.55. The summed E-state index contributed by atoms with van der Waals surface area (Å²) in [6, 6.07) is 1.68. The van der Waals surface area contributed by atoms with Crippen molar-refractivity contribution in [2.75, 3.05) is 19.6 Å². The van der Waals surface area contributed by atoms with E-state index >= 15 is 0 Å². The van der Waals surface area contributed by atoms with Crippen LogP contribution in [-0.2, 0) is 0 Å². The number of H-pyrrole nitrogens is 1. The van der Waals surface area contributed by atoms with Crippen LogP contribution in [-0.4, -0.2) is 41.5 Å². The fourth-order valence-corrected chi connectivity index (χ4v) is 2.09. The first-order valence-corrected chi connectivity index (χ1v) is 6.21. The molecule has 0 aliphatic rings. The Labute approximate surface area is 110 Å². The van der Waals surface area contributed by atoms with E-state index in [1.165, 1.54) is 0 Å². The highest BCUT2D eigenvalue weighted by Gasteiger charge is 2.31. The van der Waals surface area contributed by atoms with Gasteiger partial charge < -0.3 is 4.98 Å². The molecule has 1 rings (SSSR count). The molecule has 0 amide bonds. The van der Waals surface area contributed by atoms with Crippen molar-refractivity contribution < 1.29 is 18.0 Å². The van der Waals surface area contributed by atoms with E-state index in [0.29, 0.717) is 17.7 Å². The molecular formula is C13H19F3N2O. The largest absolute Gasteiger partial charge is 0.401 e. The smallest absolute Gasteiger partial charge is 0.362 e. The van der Waals surface area contributed by atoms with E-state index in [2.05, 4.69) is 4.98 Å². The first kappa shape index (κ1) is 15.8. The van der Waals surface area contributed by atoms with Crippen molar-refractivity contribution in [3.05, 3.63) is 23.0 Å². The lowest BCUT2D eigenvalue weighted by Crippen LogP contribution is -2.38. The molecule has 6 heteroatoms. The van der Waals surface area contributed by atoms with Gasteiger partial charge in [0.25, 0.3) is 0 Å². The molecule has 0 aromatic carbocycles. The molecule has 19 heavy (non-hydrogen) atoms. The topological polar surface area (TPSA) is 36.1 Å². The Balaban J connectivity index is 2.73. The lowest BCUT2D eigenvalue weighted by atomic mass is 10.1. The Hall–Kier alpha value is -1.30. The quantitative estimate of drug-likeness (QED) is 0.810. The number of hydrogen-bond acceptors (Lipinski definition) is 2. The summed E-state index contributed by atoms with van der Waals surface area (Å²) in [6.45, 7) is 4.35. The number of alkyl halides is 3. The maximum absolute atomic E-state index is 12.4. The Bertz CT molecular complexity index is 438. The minimum absolute atomic E-state index is 0.203. The van der Waals surface area contributed by atoms with E-state index in [1.807, 2.05) is 6.92 Å². The van der Waals surface area contributed by atoms with E-state index < -0.39 is 12.7 Å². The molecule has 1 N–H and O–H groups in total. The van der Waals surface area contributed by atoms with Crippen LogP contribution in [0.15, 0.2) is 6.07 Å². The van der Waals surface area contributed by atoms with Gasteiger partial charge >= 0.3 is 6.18 Å². The minimum atomic E-state index is -4.28. The van der Waals surface area contributed by atoms with Crippen molar-refractivity contribution in [1.82, 2.24) is 9.88 Å². The highest BCUT2D eigenvalue weighted by molar-refractivity contribution is 5.98. The molecule has 0 atom stereocenters. The zero-order valence-corrected chi connectivity index (χ0v) is 11.4. The van der Waals surface area contributed by atoms with Crippen LogP contribution >= 0.6 is 0 Å². The third-order valence-corrected chi connectivity index (χ3v) is 2.76. The van der Waals surface area contributed by atoms with Crippen LogP contribution < -0.4 is 0 Å². The van der Waals surface area contributed by atoms with Crippen molar-refractivity contribution >= 4 is 5.78 Å². The molecule has 0 spiro atoms. The van der Waals surface area contributed by atoms with Gasteiger partial charge in [0.2, 0.25) is 0 Å². The second-order valence-electron chi connectivity index (χ2n) is 4.74. The number of aromatic nitrogens is 1. The highest BCUT2D eigenvalue weighted by Crippen LogP contribution is 2.18. The standard InChI is InChI=1S/C13H19F3N2O/c1-4-5-18(8-13(14,15)16)7-12(19)11-6-9(2)17-10(11)3/h6,17H,4-5,7-8H2,1-3H3. The highest BCUT2D eigenvalue weighted by atomic mass is 19.4. The molecule has 1 aromatic heterocycles. The first-order valence-electron chi connectivity index (χ1n) is 6.21. The minimum Gasteiger partial charge on any atom is -0.362 e. The number of carbonyl (C=O) groups is 1. The van der Waals surface area contributed by atoms with Crippen molar-refractivity contribution in [3.63, 3.8) is 0 Å².